The third-order valence-corrected chi connectivity index (χ3v) is 6.31. The molecule has 22 heavy (non-hydrogen) atoms. The Balaban J connectivity index is 1.78. The van der Waals surface area contributed by atoms with Gasteiger partial charge in [0, 0.05) is 12.3 Å². The van der Waals surface area contributed by atoms with E-state index in [1.54, 1.807) is 0 Å². The van der Waals surface area contributed by atoms with Crippen LogP contribution in [0.15, 0.2) is 22.8 Å². The van der Waals surface area contributed by atoms with E-state index in [0.717, 1.165) is 44.9 Å². The van der Waals surface area contributed by atoms with Crippen molar-refractivity contribution in [1.29, 1.82) is 0 Å². The number of allylic oxidation sites excluding steroid dienone is 3. The Labute approximate surface area is 132 Å². The number of hydrogen-bond donors (Lipinski definition) is 0. The van der Waals surface area contributed by atoms with Crippen molar-refractivity contribution in [2.45, 2.75) is 64.6 Å². The third kappa shape index (κ3) is 2.05. The zero-order valence-corrected chi connectivity index (χ0v) is 13.7. The van der Waals surface area contributed by atoms with Crippen LogP contribution in [0.3, 0.4) is 0 Å². The number of ketones is 1. The van der Waals surface area contributed by atoms with Crippen molar-refractivity contribution in [3.05, 3.63) is 22.8 Å². The average molecular weight is 302 g/mol. The van der Waals surface area contributed by atoms with Gasteiger partial charge in [-0.25, -0.2) is 0 Å². The standard InChI is InChI=1S/C19H26O3/c1-13(2)15-4-3-14-5-6-16-12-19(21-9-10-22-19)8-7-18(16,11-15)17(14)20/h12,14H,3-11H2,1-2H3/t14-,18-/m0/s1. The van der Waals surface area contributed by atoms with Gasteiger partial charge in [0.1, 0.15) is 5.78 Å². The zero-order valence-electron chi connectivity index (χ0n) is 13.7. The Kier molecular flexibility index (Phi) is 3.35. The maximum Gasteiger partial charge on any atom is 0.188 e. The molecule has 0 N–H and O–H groups in total. The molecule has 3 aliphatic carbocycles. The SMILES string of the molecule is CC(C)=C1CC[C@H]2CCC3=CC4(CC[C@@]3(C1)C2=O)OCCO4. The van der Waals surface area contributed by atoms with Gasteiger partial charge < -0.3 is 9.47 Å². The predicted molar refractivity (Wildman–Crippen MR) is 84.3 cm³/mol. The lowest BCUT2D eigenvalue weighted by Crippen LogP contribution is -2.47. The highest BCUT2D eigenvalue weighted by atomic mass is 16.7. The molecule has 4 aliphatic rings. The summed E-state index contributed by atoms with van der Waals surface area (Å²) in [4.78, 5) is 13.2. The van der Waals surface area contributed by atoms with Crippen molar-refractivity contribution >= 4 is 5.78 Å². The molecule has 3 fully saturated rings. The highest BCUT2D eigenvalue weighted by Gasteiger charge is 2.54. The van der Waals surface area contributed by atoms with E-state index in [0.29, 0.717) is 19.0 Å². The molecule has 4 rings (SSSR count). The monoisotopic (exact) mass is 302 g/mol. The number of Topliss-reactive ketones (excluding diaryl/α,β-unsaturated/α-hetero) is 1. The third-order valence-electron chi connectivity index (χ3n) is 6.31. The topological polar surface area (TPSA) is 35.5 Å². The molecule has 2 atom stereocenters. The van der Waals surface area contributed by atoms with Gasteiger partial charge in [0.15, 0.2) is 5.79 Å². The van der Waals surface area contributed by atoms with Crippen LogP contribution in [0.2, 0.25) is 0 Å². The summed E-state index contributed by atoms with van der Waals surface area (Å²) in [7, 11) is 0. The summed E-state index contributed by atoms with van der Waals surface area (Å²) in [5.41, 5.74) is 3.98. The van der Waals surface area contributed by atoms with E-state index in [9.17, 15) is 4.79 Å². The van der Waals surface area contributed by atoms with E-state index in [1.807, 2.05) is 0 Å². The van der Waals surface area contributed by atoms with Crippen molar-refractivity contribution in [2.75, 3.05) is 13.2 Å². The minimum absolute atomic E-state index is 0.243. The smallest absolute Gasteiger partial charge is 0.188 e. The van der Waals surface area contributed by atoms with E-state index >= 15 is 0 Å². The first-order chi connectivity index (χ1) is 10.5. The largest absolute Gasteiger partial charge is 0.344 e. The normalized spacial score (nSPS) is 36.8. The minimum Gasteiger partial charge on any atom is -0.344 e. The first kappa shape index (κ1) is 14.6. The highest BCUT2D eigenvalue weighted by Crippen LogP contribution is 2.56. The second kappa shape index (κ2) is 5.04. The molecule has 0 aromatic heterocycles. The molecule has 2 spiro atoms. The molecule has 120 valence electrons. The maximum atomic E-state index is 13.2. The highest BCUT2D eigenvalue weighted by molar-refractivity contribution is 5.92. The molecule has 0 aromatic carbocycles. The van der Waals surface area contributed by atoms with Crippen LogP contribution in [0, 0.1) is 11.3 Å². The second-order valence-electron chi connectivity index (χ2n) is 7.68. The quantitative estimate of drug-likeness (QED) is 0.636. The fourth-order valence-corrected chi connectivity index (χ4v) is 4.96. The lowest BCUT2D eigenvalue weighted by Gasteiger charge is -2.46. The number of ether oxygens (including phenoxy) is 2. The van der Waals surface area contributed by atoms with Gasteiger partial charge in [-0.3, -0.25) is 4.79 Å². The fourth-order valence-electron chi connectivity index (χ4n) is 4.96. The number of hydrogen-bond acceptors (Lipinski definition) is 3. The number of carbonyl (C=O) groups is 1. The molecule has 0 amide bonds. The molecule has 3 heteroatoms. The van der Waals surface area contributed by atoms with Crippen LogP contribution in [-0.2, 0) is 14.3 Å². The average Bonchev–Trinajstić information content (AvgIpc) is 2.92. The summed E-state index contributed by atoms with van der Waals surface area (Å²) in [6, 6.07) is 0. The fraction of sp³-hybridized carbons (Fsp3) is 0.737. The molecular weight excluding hydrogens is 276 g/mol. The van der Waals surface area contributed by atoms with Crippen LogP contribution in [0.1, 0.15) is 58.8 Å². The van der Waals surface area contributed by atoms with Gasteiger partial charge in [-0.05, 0) is 58.4 Å². The second-order valence-corrected chi connectivity index (χ2v) is 7.68. The molecule has 2 bridgehead atoms. The van der Waals surface area contributed by atoms with Gasteiger partial charge in [-0.1, -0.05) is 16.7 Å². The summed E-state index contributed by atoms with van der Waals surface area (Å²) < 4.78 is 11.8. The summed E-state index contributed by atoms with van der Waals surface area (Å²) in [5.74, 6) is 0.257. The van der Waals surface area contributed by atoms with Gasteiger partial charge in [0.05, 0.1) is 18.6 Å². The van der Waals surface area contributed by atoms with Crippen LogP contribution < -0.4 is 0 Å². The van der Waals surface area contributed by atoms with Crippen molar-refractivity contribution in [2.24, 2.45) is 11.3 Å². The zero-order chi connectivity index (χ0) is 15.4. The first-order valence-corrected chi connectivity index (χ1v) is 8.74. The van der Waals surface area contributed by atoms with Gasteiger partial charge in [0.25, 0.3) is 0 Å². The van der Waals surface area contributed by atoms with Crippen LogP contribution in [0.25, 0.3) is 0 Å². The van der Waals surface area contributed by atoms with E-state index in [1.165, 1.54) is 16.7 Å². The molecule has 1 aliphatic heterocycles. The summed E-state index contributed by atoms with van der Waals surface area (Å²) in [5, 5.41) is 0. The Morgan fingerprint density at radius 3 is 2.59 bits per heavy atom. The number of fused-ring (bicyclic) bond motifs is 1. The number of carbonyl (C=O) groups excluding carboxylic acids is 1. The summed E-state index contributed by atoms with van der Waals surface area (Å²) in [6.45, 7) is 5.74. The van der Waals surface area contributed by atoms with Crippen molar-refractivity contribution in [3.8, 4) is 0 Å². The van der Waals surface area contributed by atoms with E-state index in [-0.39, 0.29) is 11.3 Å². The lowest BCUT2D eigenvalue weighted by molar-refractivity contribution is -0.147. The van der Waals surface area contributed by atoms with Crippen LogP contribution >= 0.6 is 0 Å². The van der Waals surface area contributed by atoms with Crippen molar-refractivity contribution in [3.63, 3.8) is 0 Å². The van der Waals surface area contributed by atoms with Gasteiger partial charge in [-0.15, -0.1) is 0 Å². The maximum absolute atomic E-state index is 13.2. The van der Waals surface area contributed by atoms with E-state index < -0.39 is 5.79 Å². The number of rotatable bonds is 0. The van der Waals surface area contributed by atoms with Gasteiger partial charge >= 0.3 is 0 Å². The summed E-state index contributed by atoms with van der Waals surface area (Å²) >= 11 is 0. The molecule has 3 nitrogen and oxygen atoms in total. The van der Waals surface area contributed by atoms with E-state index in [2.05, 4.69) is 19.9 Å². The van der Waals surface area contributed by atoms with Crippen LogP contribution in [0.5, 0.6) is 0 Å². The molecular formula is C19H26O3. The Hall–Kier alpha value is -0.930. The Bertz CT molecular complexity index is 561. The molecule has 0 aromatic rings. The van der Waals surface area contributed by atoms with Crippen molar-refractivity contribution < 1.29 is 14.3 Å². The molecule has 2 saturated carbocycles. The molecule has 0 radical (unpaired) electrons. The van der Waals surface area contributed by atoms with Crippen molar-refractivity contribution in [1.82, 2.24) is 0 Å². The molecule has 1 saturated heterocycles. The van der Waals surface area contributed by atoms with E-state index in [4.69, 9.17) is 9.47 Å². The van der Waals surface area contributed by atoms with Crippen LogP contribution in [-0.4, -0.2) is 24.8 Å². The molecule has 0 unspecified atom stereocenters. The summed E-state index contributed by atoms with van der Waals surface area (Å²) in [6.07, 6.45) is 9.05. The Morgan fingerprint density at radius 1 is 1.14 bits per heavy atom. The predicted octanol–water partition coefficient (Wildman–Crippen LogP) is 3.94. The molecule has 1 heterocycles. The minimum atomic E-state index is -0.523. The van der Waals surface area contributed by atoms with Gasteiger partial charge in [-0.2, -0.15) is 0 Å². The van der Waals surface area contributed by atoms with Crippen LogP contribution in [0.4, 0.5) is 0 Å². The van der Waals surface area contributed by atoms with Gasteiger partial charge in [0.2, 0.25) is 0 Å². The first-order valence-electron chi connectivity index (χ1n) is 8.74. The Morgan fingerprint density at radius 2 is 1.86 bits per heavy atom. The lowest BCUT2D eigenvalue weighted by atomic mass is 9.59.